The maximum Gasteiger partial charge on any atom is 0.402 e. The van der Waals surface area contributed by atoms with Crippen molar-refractivity contribution in [3.8, 4) is 0 Å². The fraction of sp³-hybridized carbons (Fsp3) is 0.917. The van der Waals surface area contributed by atoms with Crippen molar-refractivity contribution >= 4 is 5.91 Å². The van der Waals surface area contributed by atoms with Crippen LogP contribution in [-0.2, 0) is 4.79 Å². The maximum absolute atomic E-state index is 13.7. The van der Waals surface area contributed by atoms with Gasteiger partial charge in [-0.3, -0.25) is 4.79 Å². The summed E-state index contributed by atoms with van der Waals surface area (Å²) in [5.74, 6) is -1.41. The van der Waals surface area contributed by atoms with Gasteiger partial charge >= 0.3 is 6.18 Å². The van der Waals surface area contributed by atoms with E-state index in [1.165, 1.54) is 0 Å². The summed E-state index contributed by atoms with van der Waals surface area (Å²) in [5.41, 5.74) is -2.46. The molecule has 0 aromatic heterocycles. The third-order valence-electron chi connectivity index (χ3n) is 3.68. The van der Waals surface area contributed by atoms with E-state index in [2.05, 4.69) is 0 Å². The van der Waals surface area contributed by atoms with E-state index in [4.69, 9.17) is 0 Å². The molecule has 1 saturated heterocycles. The van der Waals surface area contributed by atoms with Gasteiger partial charge in [0.1, 0.15) is 11.6 Å². The van der Waals surface area contributed by atoms with E-state index in [0.29, 0.717) is 0 Å². The molecule has 1 amide bonds. The zero-order valence-corrected chi connectivity index (χ0v) is 11.0. The summed E-state index contributed by atoms with van der Waals surface area (Å²) in [6.45, 7) is 5.12. The first-order chi connectivity index (χ1) is 7.98. The molecule has 1 rings (SSSR count). The number of carbonyl (C=O) groups is 1. The molecule has 0 aliphatic carbocycles. The molecular formula is C12H19F4NO. The third-order valence-corrected chi connectivity index (χ3v) is 3.68. The molecular weight excluding hydrogens is 250 g/mol. The van der Waals surface area contributed by atoms with Crippen LogP contribution in [-0.4, -0.2) is 36.2 Å². The van der Waals surface area contributed by atoms with Crippen molar-refractivity contribution < 1.29 is 22.4 Å². The number of hydrogen-bond acceptors (Lipinski definition) is 1. The number of hydrogen-bond donors (Lipinski definition) is 0. The average Bonchev–Trinajstić information content (AvgIpc) is 2.57. The minimum Gasteiger partial charge on any atom is -0.339 e. The number of amides is 1. The number of likely N-dealkylation sites (tertiary alicyclic amines) is 1. The first kappa shape index (κ1) is 15.2. The van der Waals surface area contributed by atoms with Crippen LogP contribution in [0.5, 0.6) is 0 Å². The molecule has 1 aliphatic rings. The van der Waals surface area contributed by atoms with Crippen molar-refractivity contribution in [2.45, 2.75) is 40.0 Å². The van der Waals surface area contributed by atoms with Crippen LogP contribution in [0.1, 0.15) is 27.7 Å². The average molecular weight is 269 g/mol. The lowest BCUT2D eigenvalue weighted by Crippen LogP contribution is -2.48. The zero-order valence-electron chi connectivity index (χ0n) is 11.0. The van der Waals surface area contributed by atoms with Crippen molar-refractivity contribution in [3.05, 3.63) is 0 Å². The lowest BCUT2D eigenvalue weighted by atomic mass is 9.90. The molecule has 0 spiro atoms. The van der Waals surface area contributed by atoms with Crippen LogP contribution in [0.3, 0.4) is 0 Å². The topological polar surface area (TPSA) is 20.3 Å². The summed E-state index contributed by atoms with van der Waals surface area (Å²) in [6, 6.07) is 0. The largest absolute Gasteiger partial charge is 0.402 e. The lowest BCUT2D eigenvalue weighted by Gasteiger charge is -2.31. The zero-order chi connectivity index (χ0) is 14.3. The summed E-state index contributed by atoms with van der Waals surface area (Å²) in [6.07, 6.45) is -5.86. The summed E-state index contributed by atoms with van der Waals surface area (Å²) in [7, 11) is 0. The number of rotatable bonds is 2. The Morgan fingerprint density at radius 3 is 2.06 bits per heavy atom. The van der Waals surface area contributed by atoms with Crippen molar-refractivity contribution in [3.63, 3.8) is 0 Å². The highest BCUT2D eigenvalue weighted by atomic mass is 19.4. The van der Waals surface area contributed by atoms with Gasteiger partial charge in [-0.2, -0.15) is 13.2 Å². The van der Waals surface area contributed by atoms with Crippen LogP contribution in [0.15, 0.2) is 0 Å². The predicted molar refractivity (Wildman–Crippen MR) is 59.6 cm³/mol. The number of nitrogens with zero attached hydrogens (tertiary/aromatic N) is 1. The van der Waals surface area contributed by atoms with Gasteiger partial charge in [-0.05, 0) is 19.8 Å². The molecule has 106 valence electrons. The van der Waals surface area contributed by atoms with Gasteiger partial charge in [-0.1, -0.05) is 13.8 Å². The van der Waals surface area contributed by atoms with Crippen molar-refractivity contribution in [1.29, 1.82) is 0 Å². The van der Waals surface area contributed by atoms with Gasteiger partial charge in [0.2, 0.25) is 5.91 Å². The summed E-state index contributed by atoms with van der Waals surface area (Å²) in [4.78, 5) is 12.9. The Balaban J connectivity index is 2.82. The highest BCUT2D eigenvalue weighted by molar-refractivity contribution is 5.83. The SMILES string of the molecule is CC(C)[C@@H]1CN(C(=O)C(C)(C)C(F)(F)F)C[C@@H]1F. The highest BCUT2D eigenvalue weighted by Gasteiger charge is 2.55. The van der Waals surface area contributed by atoms with Gasteiger partial charge in [0.05, 0.1) is 6.54 Å². The Morgan fingerprint density at radius 2 is 1.72 bits per heavy atom. The van der Waals surface area contributed by atoms with E-state index < -0.39 is 23.7 Å². The third kappa shape index (κ3) is 2.62. The molecule has 1 heterocycles. The molecule has 0 bridgehead atoms. The van der Waals surface area contributed by atoms with E-state index in [1.807, 2.05) is 0 Å². The summed E-state index contributed by atoms with van der Waals surface area (Å²) >= 11 is 0. The second kappa shape index (κ2) is 4.70. The normalized spacial score (nSPS) is 25.9. The van der Waals surface area contributed by atoms with E-state index in [-0.39, 0.29) is 24.9 Å². The standard InChI is InChI=1S/C12H19F4NO/c1-7(2)8-5-17(6-9(8)13)10(18)11(3,4)12(14,15)16/h7-9H,5-6H2,1-4H3/t8-,9-/m0/s1. The fourth-order valence-corrected chi connectivity index (χ4v) is 2.10. The first-order valence-corrected chi connectivity index (χ1v) is 5.98. The molecule has 1 fully saturated rings. The van der Waals surface area contributed by atoms with Crippen LogP contribution in [0.25, 0.3) is 0 Å². The van der Waals surface area contributed by atoms with E-state index in [1.54, 1.807) is 13.8 Å². The molecule has 0 unspecified atom stereocenters. The Hall–Kier alpha value is -0.810. The summed E-state index contributed by atoms with van der Waals surface area (Å²) < 4.78 is 51.9. The monoisotopic (exact) mass is 269 g/mol. The Labute approximate surface area is 104 Å². The minimum absolute atomic E-state index is 0.00630. The quantitative estimate of drug-likeness (QED) is 0.706. The van der Waals surface area contributed by atoms with Crippen molar-refractivity contribution in [1.82, 2.24) is 4.90 Å². The van der Waals surface area contributed by atoms with Gasteiger partial charge in [-0.15, -0.1) is 0 Å². The molecule has 2 nitrogen and oxygen atoms in total. The minimum atomic E-state index is -4.62. The molecule has 0 aromatic carbocycles. The number of carbonyl (C=O) groups excluding carboxylic acids is 1. The molecule has 0 saturated carbocycles. The second-order valence-corrected chi connectivity index (χ2v) is 5.76. The van der Waals surface area contributed by atoms with E-state index >= 15 is 0 Å². The number of halogens is 4. The van der Waals surface area contributed by atoms with Crippen molar-refractivity contribution in [2.24, 2.45) is 17.3 Å². The van der Waals surface area contributed by atoms with Gasteiger partial charge < -0.3 is 4.90 Å². The Kier molecular flexibility index (Phi) is 3.98. The molecule has 18 heavy (non-hydrogen) atoms. The predicted octanol–water partition coefficient (Wildman–Crippen LogP) is 3.03. The van der Waals surface area contributed by atoms with Crippen LogP contribution in [0.2, 0.25) is 0 Å². The Bertz CT molecular complexity index is 325. The van der Waals surface area contributed by atoms with E-state index in [0.717, 1.165) is 18.7 Å². The molecule has 0 N–H and O–H groups in total. The first-order valence-electron chi connectivity index (χ1n) is 5.98. The van der Waals surface area contributed by atoms with Gasteiger partial charge in [0.15, 0.2) is 0 Å². The molecule has 0 aromatic rings. The van der Waals surface area contributed by atoms with E-state index in [9.17, 15) is 22.4 Å². The van der Waals surface area contributed by atoms with Crippen LogP contribution >= 0.6 is 0 Å². The van der Waals surface area contributed by atoms with Crippen LogP contribution in [0, 0.1) is 17.3 Å². The van der Waals surface area contributed by atoms with Gasteiger partial charge in [0, 0.05) is 12.5 Å². The number of alkyl halides is 4. The second-order valence-electron chi connectivity index (χ2n) is 5.76. The van der Waals surface area contributed by atoms with Crippen LogP contribution < -0.4 is 0 Å². The Morgan fingerprint density at radius 1 is 1.22 bits per heavy atom. The summed E-state index contributed by atoms with van der Waals surface area (Å²) in [5, 5.41) is 0. The molecule has 2 atom stereocenters. The highest BCUT2D eigenvalue weighted by Crippen LogP contribution is 2.40. The van der Waals surface area contributed by atoms with Crippen LogP contribution in [0.4, 0.5) is 17.6 Å². The molecule has 6 heteroatoms. The van der Waals surface area contributed by atoms with Crippen molar-refractivity contribution in [2.75, 3.05) is 13.1 Å². The maximum atomic E-state index is 13.7. The molecule has 0 radical (unpaired) electrons. The lowest BCUT2D eigenvalue weighted by molar-refractivity contribution is -0.216. The van der Waals surface area contributed by atoms with Gasteiger partial charge in [0.25, 0.3) is 0 Å². The van der Waals surface area contributed by atoms with Gasteiger partial charge in [-0.25, -0.2) is 4.39 Å². The smallest absolute Gasteiger partial charge is 0.339 e. The fourth-order valence-electron chi connectivity index (χ4n) is 2.10. The molecule has 1 aliphatic heterocycles.